The number of guanidine groups is 1. The summed E-state index contributed by atoms with van der Waals surface area (Å²) in [5.74, 6) is 0.542. The highest BCUT2D eigenvalue weighted by Gasteiger charge is 2.04. The number of nitrogens with two attached hydrogens (primary N) is 1. The molecule has 4 nitrogen and oxygen atoms in total. The van der Waals surface area contributed by atoms with Gasteiger partial charge < -0.3 is 11.1 Å². The molecule has 3 N–H and O–H groups in total. The van der Waals surface area contributed by atoms with Gasteiger partial charge >= 0.3 is 0 Å². The number of nitrogens with zero attached hydrogens (tertiary/aromatic N) is 2. The Bertz CT molecular complexity index is 592. The number of hydrogen-bond donors (Lipinski definition) is 2. The molecule has 0 atom stereocenters. The van der Waals surface area contributed by atoms with Gasteiger partial charge in [-0.3, -0.25) is 4.99 Å². The number of nitrogens with one attached hydrogen (secondary N) is 1. The van der Waals surface area contributed by atoms with E-state index in [9.17, 15) is 0 Å². The summed E-state index contributed by atoms with van der Waals surface area (Å²) >= 11 is 1.68. The fourth-order valence-corrected chi connectivity index (χ4v) is 3.11. The molecular formula is C18H26N4S. The first-order valence-electron chi connectivity index (χ1n) is 8.33. The molecule has 2 rings (SSSR count). The molecule has 0 fully saturated rings. The number of rotatable bonds is 9. The van der Waals surface area contributed by atoms with Crippen LogP contribution in [0.4, 0.5) is 0 Å². The summed E-state index contributed by atoms with van der Waals surface area (Å²) in [5, 5.41) is 6.34. The smallest absolute Gasteiger partial charge is 0.188 e. The maximum Gasteiger partial charge on any atom is 0.188 e. The minimum atomic E-state index is 0.542. The molecule has 1 heterocycles. The second kappa shape index (κ2) is 10.0. The third-order valence-corrected chi connectivity index (χ3v) is 4.49. The lowest BCUT2D eigenvalue weighted by Gasteiger charge is -2.04. The van der Waals surface area contributed by atoms with Crippen LogP contribution in [0.2, 0.25) is 0 Å². The molecule has 1 aromatic heterocycles. The summed E-state index contributed by atoms with van der Waals surface area (Å²) in [5.41, 5.74) is 8.14. The highest BCUT2D eigenvalue weighted by atomic mass is 32.1. The van der Waals surface area contributed by atoms with Crippen LogP contribution in [0.5, 0.6) is 0 Å². The summed E-state index contributed by atoms with van der Waals surface area (Å²) in [6.07, 6.45) is 5.72. The van der Waals surface area contributed by atoms with Crippen molar-refractivity contribution < 1.29 is 0 Å². The zero-order chi connectivity index (χ0) is 16.3. The first kappa shape index (κ1) is 17.5. The van der Waals surface area contributed by atoms with Crippen LogP contribution in [-0.2, 0) is 6.42 Å². The van der Waals surface area contributed by atoms with Gasteiger partial charge in [0.05, 0.1) is 5.69 Å². The monoisotopic (exact) mass is 330 g/mol. The number of hydrogen-bond acceptors (Lipinski definition) is 3. The van der Waals surface area contributed by atoms with E-state index in [-0.39, 0.29) is 0 Å². The number of aliphatic imine (C=N–C) groups is 1. The van der Waals surface area contributed by atoms with E-state index < -0.39 is 0 Å². The van der Waals surface area contributed by atoms with Gasteiger partial charge in [0.15, 0.2) is 5.96 Å². The van der Waals surface area contributed by atoms with Crippen molar-refractivity contribution in [2.45, 2.75) is 39.0 Å². The largest absolute Gasteiger partial charge is 0.370 e. The van der Waals surface area contributed by atoms with Crippen molar-refractivity contribution in [3.05, 3.63) is 41.4 Å². The van der Waals surface area contributed by atoms with Crippen LogP contribution in [0.25, 0.3) is 10.6 Å². The van der Waals surface area contributed by atoms with Crippen LogP contribution in [0.3, 0.4) is 0 Å². The van der Waals surface area contributed by atoms with E-state index in [1.165, 1.54) is 24.8 Å². The minimum Gasteiger partial charge on any atom is -0.370 e. The highest BCUT2D eigenvalue weighted by Crippen LogP contribution is 2.23. The lowest BCUT2D eigenvalue weighted by Crippen LogP contribution is -2.33. The normalized spacial score (nSPS) is 11.6. The molecule has 0 amide bonds. The summed E-state index contributed by atoms with van der Waals surface area (Å²) in [7, 11) is 0. The van der Waals surface area contributed by atoms with Gasteiger partial charge in [0.2, 0.25) is 0 Å². The van der Waals surface area contributed by atoms with E-state index in [0.29, 0.717) is 5.96 Å². The predicted octanol–water partition coefficient (Wildman–Crippen LogP) is 3.84. The summed E-state index contributed by atoms with van der Waals surface area (Å²) in [4.78, 5) is 9.02. The van der Waals surface area contributed by atoms with E-state index >= 15 is 0 Å². The van der Waals surface area contributed by atoms with Crippen molar-refractivity contribution in [3.8, 4) is 10.6 Å². The van der Waals surface area contributed by atoms with Crippen LogP contribution in [0.15, 0.2) is 40.7 Å². The zero-order valence-electron chi connectivity index (χ0n) is 13.8. The Kier molecular flexibility index (Phi) is 7.60. The molecule has 0 aliphatic heterocycles. The maximum absolute atomic E-state index is 5.87. The van der Waals surface area contributed by atoms with Gasteiger partial charge in [0.25, 0.3) is 0 Å². The topological polar surface area (TPSA) is 63.3 Å². The molecule has 124 valence electrons. The quantitative estimate of drug-likeness (QED) is 0.417. The zero-order valence-corrected chi connectivity index (χ0v) is 14.6. The summed E-state index contributed by atoms with van der Waals surface area (Å²) < 4.78 is 0. The molecule has 1 aromatic carbocycles. The third-order valence-electron chi connectivity index (χ3n) is 3.55. The fourth-order valence-electron chi connectivity index (χ4n) is 2.25. The van der Waals surface area contributed by atoms with Crippen molar-refractivity contribution in [2.75, 3.05) is 13.1 Å². The van der Waals surface area contributed by atoms with E-state index in [4.69, 9.17) is 5.73 Å². The Morgan fingerprint density at radius 1 is 1.22 bits per heavy atom. The van der Waals surface area contributed by atoms with Crippen molar-refractivity contribution in [1.82, 2.24) is 10.3 Å². The van der Waals surface area contributed by atoms with Gasteiger partial charge in [0, 0.05) is 30.5 Å². The SMILES string of the molecule is CCCCCCN=C(N)NCCc1csc(-c2ccccc2)n1. The Morgan fingerprint density at radius 2 is 2.04 bits per heavy atom. The van der Waals surface area contributed by atoms with Crippen molar-refractivity contribution >= 4 is 17.3 Å². The van der Waals surface area contributed by atoms with Gasteiger partial charge in [-0.2, -0.15) is 0 Å². The molecule has 0 saturated carbocycles. The third kappa shape index (κ3) is 6.40. The van der Waals surface area contributed by atoms with E-state index in [1.807, 2.05) is 18.2 Å². The lowest BCUT2D eigenvalue weighted by molar-refractivity contribution is 0.673. The number of benzene rings is 1. The van der Waals surface area contributed by atoms with Gasteiger partial charge in [-0.25, -0.2) is 4.98 Å². The molecule has 0 spiro atoms. The Hall–Kier alpha value is -1.88. The van der Waals surface area contributed by atoms with Crippen LogP contribution in [-0.4, -0.2) is 24.0 Å². The van der Waals surface area contributed by atoms with Gasteiger partial charge in [-0.05, 0) is 6.42 Å². The molecule has 0 bridgehead atoms. The maximum atomic E-state index is 5.87. The summed E-state index contributed by atoms with van der Waals surface area (Å²) in [6, 6.07) is 10.3. The molecule has 23 heavy (non-hydrogen) atoms. The summed E-state index contributed by atoms with van der Waals surface area (Å²) in [6.45, 7) is 3.79. The molecule has 0 radical (unpaired) electrons. The predicted molar refractivity (Wildman–Crippen MR) is 99.9 cm³/mol. The van der Waals surface area contributed by atoms with Crippen LogP contribution >= 0.6 is 11.3 Å². The average Bonchev–Trinajstić information content (AvgIpc) is 3.04. The van der Waals surface area contributed by atoms with Crippen LogP contribution < -0.4 is 11.1 Å². The first-order chi connectivity index (χ1) is 11.3. The first-order valence-corrected chi connectivity index (χ1v) is 9.21. The van der Waals surface area contributed by atoms with E-state index in [1.54, 1.807) is 11.3 Å². The Morgan fingerprint density at radius 3 is 2.83 bits per heavy atom. The molecular weight excluding hydrogens is 304 g/mol. The van der Waals surface area contributed by atoms with Crippen molar-refractivity contribution in [2.24, 2.45) is 10.7 Å². The Balaban J connectivity index is 1.70. The molecule has 2 aromatic rings. The minimum absolute atomic E-state index is 0.542. The van der Waals surface area contributed by atoms with Gasteiger partial charge in [-0.15, -0.1) is 11.3 Å². The molecule has 0 unspecified atom stereocenters. The van der Waals surface area contributed by atoms with E-state index in [0.717, 1.165) is 36.6 Å². The number of aromatic nitrogens is 1. The Labute approximate surface area is 142 Å². The van der Waals surface area contributed by atoms with Crippen LogP contribution in [0, 0.1) is 0 Å². The van der Waals surface area contributed by atoms with Crippen molar-refractivity contribution in [3.63, 3.8) is 0 Å². The molecule has 0 saturated heterocycles. The second-order valence-corrected chi connectivity index (χ2v) is 6.37. The molecule has 0 aliphatic rings. The van der Waals surface area contributed by atoms with Crippen molar-refractivity contribution in [1.29, 1.82) is 0 Å². The van der Waals surface area contributed by atoms with Crippen LogP contribution in [0.1, 0.15) is 38.3 Å². The number of thiazole rings is 1. The second-order valence-electron chi connectivity index (χ2n) is 5.51. The lowest BCUT2D eigenvalue weighted by atomic mass is 10.2. The van der Waals surface area contributed by atoms with E-state index in [2.05, 4.69) is 39.7 Å². The molecule has 5 heteroatoms. The highest BCUT2D eigenvalue weighted by molar-refractivity contribution is 7.13. The number of unbranched alkanes of at least 4 members (excludes halogenated alkanes) is 3. The average molecular weight is 331 g/mol. The standard InChI is InChI=1S/C18H26N4S/c1-2-3-4-8-12-20-18(19)21-13-11-16-14-23-17(22-16)15-9-6-5-7-10-15/h5-7,9-10,14H,2-4,8,11-13H2,1H3,(H3,19,20,21). The molecule has 0 aliphatic carbocycles. The fraction of sp³-hybridized carbons (Fsp3) is 0.444. The van der Waals surface area contributed by atoms with Gasteiger partial charge in [0.1, 0.15) is 5.01 Å². The van der Waals surface area contributed by atoms with Gasteiger partial charge in [-0.1, -0.05) is 56.5 Å².